The van der Waals surface area contributed by atoms with E-state index in [2.05, 4.69) is 0 Å². The Bertz CT molecular complexity index is 929. The molecule has 0 aliphatic heterocycles. The highest BCUT2D eigenvalue weighted by molar-refractivity contribution is 7.89. The molecule has 0 aliphatic carbocycles. The lowest BCUT2D eigenvalue weighted by molar-refractivity contribution is -0.120. The number of hydrogen-bond acceptors (Lipinski definition) is 5. The molecule has 2 aromatic carbocycles. The maximum Gasteiger partial charge on any atom is 0.240 e. The van der Waals surface area contributed by atoms with Crippen LogP contribution in [0.4, 0.5) is 10.1 Å². The predicted molar refractivity (Wildman–Crippen MR) is 98.4 cm³/mol. The summed E-state index contributed by atoms with van der Waals surface area (Å²) in [6.07, 6.45) is 1.24. The van der Waals surface area contributed by atoms with Crippen LogP contribution in [0.2, 0.25) is 0 Å². The largest absolute Gasteiger partial charge is 0.399 e. The van der Waals surface area contributed by atoms with Gasteiger partial charge in [-0.1, -0.05) is 18.2 Å². The minimum atomic E-state index is -3.68. The number of halogens is 1. The van der Waals surface area contributed by atoms with Gasteiger partial charge < -0.3 is 10.8 Å². The normalized spacial score (nSPS) is 12.6. The molecule has 140 valence electrons. The van der Waals surface area contributed by atoms with E-state index in [0.717, 1.165) is 11.8 Å². The van der Waals surface area contributed by atoms with Gasteiger partial charge in [0.1, 0.15) is 5.82 Å². The van der Waals surface area contributed by atoms with Gasteiger partial charge in [-0.2, -0.15) is 0 Å². The van der Waals surface area contributed by atoms with Crippen LogP contribution in [0.15, 0.2) is 36.4 Å². The van der Waals surface area contributed by atoms with E-state index in [1.165, 1.54) is 19.1 Å². The van der Waals surface area contributed by atoms with Crippen molar-refractivity contribution < 1.29 is 22.7 Å². The molecule has 8 heteroatoms. The summed E-state index contributed by atoms with van der Waals surface area (Å²) in [5.74, 6) is -2.09. The fourth-order valence-corrected chi connectivity index (χ4v) is 3.11. The van der Waals surface area contributed by atoms with Gasteiger partial charge in [0.25, 0.3) is 0 Å². The number of nitrogens with one attached hydrogen (secondary N) is 1. The second kappa shape index (κ2) is 7.84. The van der Waals surface area contributed by atoms with Crippen molar-refractivity contribution in [3.05, 3.63) is 53.3 Å². The van der Waals surface area contributed by atoms with Crippen LogP contribution in [0, 0.1) is 5.82 Å². The molecule has 0 radical (unpaired) electrons. The summed E-state index contributed by atoms with van der Waals surface area (Å²) in [7, 11) is -3.68. The molecule has 6 nitrogen and oxygen atoms in total. The van der Waals surface area contributed by atoms with Crippen LogP contribution >= 0.6 is 0 Å². The van der Waals surface area contributed by atoms with Crippen molar-refractivity contribution in [3.63, 3.8) is 0 Å². The average molecular weight is 380 g/mol. The standard InChI is InChI=1S/C18H21FN2O4S/c1-11(18(23)21-26(2,24)25)12-3-5-15(16(19)10-12)13-4-6-17(20)14(9-13)7-8-22/h3-6,9-11,22H,7-8,20H2,1-2H3,(H,21,23). The first-order chi connectivity index (χ1) is 12.1. The molecule has 0 saturated heterocycles. The van der Waals surface area contributed by atoms with Crippen molar-refractivity contribution in [3.8, 4) is 11.1 Å². The lowest BCUT2D eigenvalue weighted by atomic mass is 9.95. The zero-order chi connectivity index (χ0) is 19.5. The number of nitrogen functional groups attached to an aromatic ring is 1. The molecule has 2 rings (SSSR count). The minimum absolute atomic E-state index is 0.0674. The summed E-state index contributed by atoms with van der Waals surface area (Å²) >= 11 is 0. The first-order valence-electron chi connectivity index (χ1n) is 7.93. The maximum absolute atomic E-state index is 14.6. The number of sulfonamides is 1. The van der Waals surface area contributed by atoms with Crippen LogP contribution in [0.5, 0.6) is 0 Å². The van der Waals surface area contributed by atoms with Crippen molar-refractivity contribution in [1.29, 1.82) is 0 Å². The average Bonchev–Trinajstić information content (AvgIpc) is 2.55. The summed E-state index contributed by atoms with van der Waals surface area (Å²) in [4.78, 5) is 11.9. The van der Waals surface area contributed by atoms with Crippen LogP contribution in [0.3, 0.4) is 0 Å². The quantitative estimate of drug-likeness (QED) is 0.662. The SMILES string of the molecule is CC(C(=O)NS(C)(=O)=O)c1ccc(-c2ccc(N)c(CCO)c2)c(F)c1. The molecule has 0 aliphatic rings. The Labute approximate surface area is 151 Å². The van der Waals surface area contributed by atoms with Gasteiger partial charge in [-0.25, -0.2) is 12.8 Å². The summed E-state index contributed by atoms with van der Waals surface area (Å²) in [6.45, 7) is 1.43. The van der Waals surface area contributed by atoms with Crippen molar-refractivity contribution in [2.75, 3.05) is 18.6 Å². The van der Waals surface area contributed by atoms with E-state index in [-0.39, 0.29) is 6.61 Å². The zero-order valence-electron chi connectivity index (χ0n) is 14.5. The Morgan fingerprint density at radius 2 is 1.96 bits per heavy atom. The number of nitrogens with two attached hydrogens (primary N) is 1. The molecule has 0 heterocycles. The van der Waals surface area contributed by atoms with Gasteiger partial charge in [-0.3, -0.25) is 9.52 Å². The number of hydrogen-bond donors (Lipinski definition) is 3. The van der Waals surface area contributed by atoms with E-state index in [1.54, 1.807) is 24.3 Å². The molecule has 1 amide bonds. The molecule has 0 aromatic heterocycles. The second-order valence-electron chi connectivity index (χ2n) is 6.09. The summed E-state index contributed by atoms with van der Waals surface area (Å²) < 4.78 is 38.8. The van der Waals surface area contributed by atoms with Gasteiger partial charge in [-0.15, -0.1) is 0 Å². The summed E-state index contributed by atoms with van der Waals surface area (Å²) in [5.41, 5.74) is 8.36. The van der Waals surface area contributed by atoms with E-state index in [9.17, 15) is 17.6 Å². The lowest BCUT2D eigenvalue weighted by Crippen LogP contribution is -2.32. The number of aliphatic hydroxyl groups is 1. The molecule has 0 bridgehead atoms. The van der Waals surface area contributed by atoms with Crippen molar-refractivity contribution in [1.82, 2.24) is 4.72 Å². The summed E-state index contributed by atoms with van der Waals surface area (Å²) in [5, 5.41) is 9.08. The first-order valence-corrected chi connectivity index (χ1v) is 9.82. The molecular weight excluding hydrogens is 359 g/mol. The third-order valence-corrected chi connectivity index (χ3v) is 4.58. The van der Waals surface area contributed by atoms with Gasteiger partial charge in [0, 0.05) is 17.9 Å². The van der Waals surface area contributed by atoms with Gasteiger partial charge >= 0.3 is 0 Å². The molecule has 2 aromatic rings. The number of carbonyl (C=O) groups excluding carboxylic acids is 1. The van der Waals surface area contributed by atoms with E-state index < -0.39 is 27.7 Å². The second-order valence-corrected chi connectivity index (χ2v) is 7.84. The third-order valence-electron chi connectivity index (χ3n) is 4.01. The number of amides is 1. The van der Waals surface area contributed by atoms with E-state index in [1.807, 2.05) is 4.72 Å². The van der Waals surface area contributed by atoms with Crippen LogP contribution in [-0.2, 0) is 21.2 Å². The van der Waals surface area contributed by atoms with Gasteiger partial charge in [0.15, 0.2) is 0 Å². The van der Waals surface area contributed by atoms with Gasteiger partial charge in [0.2, 0.25) is 15.9 Å². The Morgan fingerprint density at radius 1 is 1.27 bits per heavy atom. The Balaban J connectivity index is 2.33. The van der Waals surface area contributed by atoms with E-state index in [0.29, 0.717) is 28.8 Å². The fourth-order valence-electron chi connectivity index (χ4n) is 2.57. The zero-order valence-corrected chi connectivity index (χ0v) is 15.3. The third kappa shape index (κ3) is 4.80. The van der Waals surface area contributed by atoms with Gasteiger partial charge in [0.05, 0.1) is 12.2 Å². The Hall–Kier alpha value is -2.45. The number of carbonyl (C=O) groups is 1. The molecule has 1 unspecified atom stereocenters. The van der Waals surface area contributed by atoms with Crippen LogP contribution in [0.1, 0.15) is 24.0 Å². The Morgan fingerprint density at radius 3 is 2.54 bits per heavy atom. The minimum Gasteiger partial charge on any atom is -0.399 e. The highest BCUT2D eigenvalue weighted by atomic mass is 32.2. The van der Waals surface area contributed by atoms with E-state index >= 15 is 0 Å². The fraction of sp³-hybridized carbons (Fsp3) is 0.278. The number of benzene rings is 2. The Kier molecular flexibility index (Phi) is 5.99. The topological polar surface area (TPSA) is 109 Å². The van der Waals surface area contributed by atoms with Crippen molar-refractivity contribution in [2.24, 2.45) is 0 Å². The molecular formula is C18H21FN2O4S. The van der Waals surface area contributed by atoms with Crippen LogP contribution in [-0.4, -0.2) is 32.3 Å². The van der Waals surface area contributed by atoms with Crippen LogP contribution < -0.4 is 10.5 Å². The smallest absolute Gasteiger partial charge is 0.240 e. The maximum atomic E-state index is 14.6. The van der Waals surface area contributed by atoms with Gasteiger partial charge in [-0.05, 0) is 48.2 Å². The predicted octanol–water partition coefficient (Wildman–Crippen LogP) is 1.79. The highest BCUT2D eigenvalue weighted by Crippen LogP contribution is 2.29. The first kappa shape index (κ1) is 19.9. The van der Waals surface area contributed by atoms with Crippen molar-refractivity contribution in [2.45, 2.75) is 19.3 Å². The number of anilines is 1. The number of rotatable bonds is 6. The lowest BCUT2D eigenvalue weighted by Gasteiger charge is -2.14. The van der Waals surface area contributed by atoms with Crippen LogP contribution in [0.25, 0.3) is 11.1 Å². The monoisotopic (exact) mass is 380 g/mol. The molecule has 0 spiro atoms. The van der Waals surface area contributed by atoms with E-state index in [4.69, 9.17) is 10.8 Å². The molecule has 0 fully saturated rings. The number of aliphatic hydroxyl groups excluding tert-OH is 1. The van der Waals surface area contributed by atoms with Crippen molar-refractivity contribution >= 4 is 21.6 Å². The molecule has 0 saturated carbocycles. The molecule has 4 N–H and O–H groups in total. The summed E-state index contributed by atoms with van der Waals surface area (Å²) in [6, 6.07) is 9.35. The molecule has 26 heavy (non-hydrogen) atoms. The highest BCUT2D eigenvalue weighted by Gasteiger charge is 2.20. The molecule has 1 atom stereocenters.